The zero-order chi connectivity index (χ0) is 22.8. The fourth-order valence-corrected chi connectivity index (χ4v) is 4.75. The second-order valence-electron chi connectivity index (χ2n) is 8.72. The predicted octanol–water partition coefficient (Wildman–Crippen LogP) is 4.87. The summed E-state index contributed by atoms with van der Waals surface area (Å²) in [6.45, 7) is 6.72. The van der Waals surface area contributed by atoms with Crippen LogP contribution < -0.4 is 4.90 Å². The van der Waals surface area contributed by atoms with Crippen molar-refractivity contribution >= 4 is 22.6 Å². The van der Waals surface area contributed by atoms with Crippen LogP contribution in [0.5, 0.6) is 5.75 Å². The minimum absolute atomic E-state index is 0.230. The van der Waals surface area contributed by atoms with Gasteiger partial charge in [-0.15, -0.1) is 0 Å². The average molecular weight is 436 g/mol. The van der Waals surface area contributed by atoms with E-state index in [1.165, 1.54) is 19.3 Å². The van der Waals surface area contributed by atoms with E-state index in [0.29, 0.717) is 18.7 Å². The molecule has 0 saturated carbocycles. The number of nitrogens with zero attached hydrogens (tertiary/aromatic N) is 3. The van der Waals surface area contributed by atoms with Gasteiger partial charge in [0, 0.05) is 48.7 Å². The normalized spacial score (nSPS) is 14.6. The monoisotopic (exact) mass is 435 g/mol. The van der Waals surface area contributed by atoms with Crippen LogP contribution in [0, 0.1) is 6.92 Å². The summed E-state index contributed by atoms with van der Waals surface area (Å²) in [4.78, 5) is 17.5. The standard InChI is InChI=1S/C26H33N3O3/c1-5-32-26(31)24-18(2)29(20-11-9-19(10-12-20)27(3)4)22-13-14-23(30)21(25(22)24)17-28-15-7-6-8-16-28/h9-14,30H,5-8,15-17H2,1-4H3. The fourth-order valence-electron chi connectivity index (χ4n) is 4.75. The van der Waals surface area contributed by atoms with Gasteiger partial charge in [0.2, 0.25) is 0 Å². The highest BCUT2D eigenvalue weighted by molar-refractivity contribution is 6.08. The molecule has 1 aliphatic heterocycles. The third-order valence-electron chi connectivity index (χ3n) is 6.39. The molecule has 4 rings (SSSR count). The number of phenolic OH excluding ortho intramolecular Hbond substituents is 1. The van der Waals surface area contributed by atoms with Crippen molar-refractivity contribution in [3.8, 4) is 11.4 Å². The van der Waals surface area contributed by atoms with Crippen molar-refractivity contribution in [2.45, 2.75) is 39.7 Å². The number of carbonyl (C=O) groups excluding carboxylic acids is 1. The number of phenols is 1. The zero-order valence-electron chi connectivity index (χ0n) is 19.5. The molecule has 0 radical (unpaired) electrons. The van der Waals surface area contributed by atoms with Gasteiger partial charge in [0.15, 0.2) is 0 Å². The number of anilines is 1. The number of ether oxygens (including phenoxy) is 1. The molecule has 0 atom stereocenters. The first kappa shape index (κ1) is 22.2. The molecule has 0 aliphatic carbocycles. The summed E-state index contributed by atoms with van der Waals surface area (Å²) in [5.41, 5.74) is 5.16. The molecule has 0 spiro atoms. The summed E-state index contributed by atoms with van der Waals surface area (Å²) in [5, 5.41) is 11.6. The molecule has 32 heavy (non-hydrogen) atoms. The van der Waals surface area contributed by atoms with E-state index >= 15 is 0 Å². The molecule has 2 heterocycles. The third-order valence-corrected chi connectivity index (χ3v) is 6.39. The van der Waals surface area contributed by atoms with Crippen LogP contribution in [0.25, 0.3) is 16.6 Å². The van der Waals surface area contributed by atoms with Crippen LogP contribution in [0.4, 0.5) is 5.69 Å². The number of benzene rings is 2. The van der Waals surface area contributed by atoms with Crippen LogP contribution in [-0.2, 0) is 11.3 Å². The van der Waals surface area contributed by atoms with E-state index in [1.807, 2.05) is 34.0 Å². The summed E-state index contributed by atoms with van der Waals surface area (Å²) in [7, 11) is 4.03. The second kappa shape index (κ2) is 9.25. The van der Waals surface area contributed by atoms with E-state index < -0.39 is 0 Å². The Morgan fingerprint density at radius 3 is 2.38 bits per heavy atom. The van der Waals surface area contributed by atoms with Crippen molar-refractivity contribution in [2.24, 2.45) is 0 Å². The summed E-state index contributed by atoms with van der Waals surface area (Å²) < 4.78 is 7.54. The highest BCUT2D eigenvalue weighted by atomic mass is 16.5. The Hall–Kier alpha value is -2.99. The first-order valence-electron chi connectivity index (χ1n) is 11.5. The molecule has 170 valence electrons. The van der Waals surface area contributed by atoms with Gasteiger partial charge in [-0.2, -0.15) is 0 Å². The molecule has 1 aliphatic rings. The smallest absolute Gasteiger partial charge is 0.340 e. The van der Waals surface area contributed by atoms with Crippen LogP contribution in [0.2, 0.25) is 0 Å². The van der Waals surface area contributed by atoms with Crippen LogP contribution in [0.15, 0.2) is 36.4 Å². The maximum absolute atomic E-state index is 13.1. The first-order chi connectivity index (χ1) is 15.4. The Labute approximate surface area is 190 Å². The quantitative estimate of drug-likeness (QED) is 0.560. The van der Waals surface area contributed by atoms with Gasteiger partial charge in [-0.1, -0.05) is 6.42 Å². The highest BCUT2D eigenvalue weighted by Gasteiger charge is 2.26. The van der Waals surface area contributed by atoms with Gasteiger partial charge in [-0.25, -0.2) is 4.79 Å². The molecule has 1 fully saturated rings. The number of hydrogen-bond acceptors (Lipinski definition) is 5. The number of likely N-dealkylation sites (tertiary alicyclic amines) is 1. The summed E-state index contributed by atoms with van der Waals surface area (Å²) in [6.07, 6.45) is 3.58. The number of carbonyl (C=O) groups is 1. The Morgan fingerprint density at radius 1 is 1.06 bits per heavy atom. The van der Waals surface area contributed by atoms with Gasteiger partial charge in [0.05, 0.1) is 17.7 Å². The molecule has 0 unspecified atom stereocenters. The van der Waals surface area contributed by atoms with E-state index in [9.17, 15) is 9.90 Å². The molecular weight excluding hydrogens is 402 g/mol. The number of esters is 1. The molecule has 6 heteroatoms. The van der Waals surface area contributed by atoms with Crippen molar-refractivity contribution in [3.63, 3.8) is 0 Å². The van der Waals surface area contributed by atoms with Gasteiger partial charge in [0.25, 0.3) is 0 Å². The fraction of sp³-hybridized carbons (Fsp3) is 0.423. The van der Waals surface area contributed by atoms with Gasteiger partial charge < -0.3 is 19.3 Å². The maximum atomic E-state index is 13.1. The Morgan fingerprint density at radius 2 is 1.75 bits per heavy atom. The molecule has 3 aromatic rings. The Kier molecular flexibility index (Phi) is 6.42. The summed E-state index contributed by atoms with van der Waals surface area (Å²) in [6, 6.07) is 11.9. The number of aromatic nitrogens is 1. The van der Waals surface area contributed by atoms with E-state index in [0.717, 1.165) is 46.6 Å². The maximum Gasteiger partial charge on any atom is 0.340 e. The number of hydrogen-bond donors (Lipinski definition) is 1. The van der Waals surface area contributed by atoms with E-state index in [1.54, 1.807) is 6.07 Å². The van der Waals surface area contributed by atoms with E-state index in [2.05, 4.69) is 38.6 Å². The predicted molar refractivity (Wildman–Crippen MR) is 129 cm³/mol. The second-order valence-corrected chi connectivity index (χ2v) is 8.72. The van der Waals surface area contributed by atoms with Crippen molar-refractivity contribution < 1.29 is 14.6 Å². The van der Waals surface area contributed by atoms with Gasteiger partial charge in [0.1, 0.15) is 5.75 Å². The van der Waals surface area contributed by atoms with Crippen molar-refractivity contribution in [3.05, 3.63) is 53.2 Å². The average Bonchev–Trinajstić information content (AvgIpc) is 3.09. The molecule has 2 aromatic carbocycles. The van der Waals surface area contributed by atoms with Gasteiger partial charge >= 0.3 is 5.97 Å². The zero-order valence-corrected chi connectivity index (χ0v) is 19.5. The minimum Gasteiger partial charge on any atom is -0.508 e. The highest BCUT2D eigenvalue weighted by Crippen LogP contribution is 2.37. The summed E-state index contributed by atoms with van der Waals surface area (Å²) in [5.74, 6) is -0.113. The molecule has 1 aromatic heterocycles. The van der Waals surface area contributed by atoms with E-state index in [4.69, 9.17) is 4.74 Å². The number of piperidine rings is 1. The Bertz CT molecular complexity index is 1110. The number of aromatic hydroxyl groups is 1. The lowest BCUT2D eigenvalue weighted by atomic mass is 10.0. The molecule has 0 bridgehead atoms. The largest absolute Gasteiger partial charge is 0.508 e. The number of fused-ring (bicyclic) bond motifs is 1. The lowest BCUT2D eigenvalue weighted by molar-refractivity contribution is 0.0527. The molecule has 0 amide bonds. The molecule has 1 N–H and O–H groups in total. The lowest BCUT2D eigenvalue weighted by Crippen LogP contribution is -2.29. The topological polar surface area (TPSA) is 57.9 Å². The van der Waals surface area contributed by atoms with Crippen LogP contribution >= 0.6 is 0 Å². The SMILES string of the molecule is CCOC(=O)c1c(C)n(-c2ccc(N(C)C)cc2)c2ccc(O)c(CN3CCCCC3)c12. The summed E-state index contributed by atoms with van der Waals surface area (Å²) >= 11 is 0. The van der Waals surface area contributed by atoms with Crippen molar-refractivity contribution in [1.82, 2.24) is 9.47 Å². The van der Waals surface area contributed by atoms with E-state index in [-0.39, 0.29) is 11.7 Å². The van der Waals surface area contributed by atoms with Crippen molar-refractivity contribution in [1.29, 1.82) is 0 Å². The van der Waals surface area contributed by atoms with Crippen molar-refractivity contribution in [2.75, 3.05) is 38.7 Å². The molecular formula is C26H33N3O3. The van der Waals surface area contributed by atoms with Crippen LogP contribution in [-0.4, -0.2) is 54.3 Å². The molecule has 6 nitrogen and oxygen atoms in total. The minimum atomic E-state index is -0.343. The van der Waals surface area contributed by atoms with Gasteiger partial charge in [-0.05, 0) is 76.2 Å². The third kappa shape index (κ3) is 4.07. The molecule has 1 saturated heterocycles. The van der Waals surface area contributed by atoms with Crippen LogP contribution in [0.1, 0.15) is 47.8 Å². The van der Waals surface area contributed by atoms with Crippen LogP contribution in [0.3, 0.4) is 0 Å². The first-order valence-corrected chi connectivity index (χ1v) is 11.5. The van der Waals surface area contributed by atoms with Gasteiger partial charge in [-0.3, -0.25) is 4.90 Å². The Balaban J connectivity index is 1.92. The lowest BCUT2D eigenvalue weighted by Gasteiger charge is -2.27. The number of rotatable bonds is 6.